The molecule has 0 saturated carbocycles. The number of hydrogen-bond acceptors (Lipinski definition) is 5. The molecular weight excluding hydrogens is 360 g/mol. The van der Waals surface area contributed by atoms with Crippen molar-refractivity contribution >= 4 is 30.0 Å². The highest BCUT2D eigenvalue weighted by Crippen LogP contribution is 2.31. The average Bonchev–Trinajstić information content (AvgIpc) is 3.04. The number of rotatable bonds is 6. The van der Waals surface area contributed by atoms with Crippen molar-refractivity contribution < 1.29 is 9.47 Å². The Labute approximate surface area is 154 Å². The number of H-pyrrole nitrogens is 1. The fourth-order valence-electron chi connectivity index (χ4n) is 2.16. The Morgan fingerprint density at radius 1 is 1.28 bits per heavy atom. The summed E-state index contributed by atoms with van der Waals surface area (Å²) in [5.41, 5.74) is 1.63. The standard InChI is InChI=1S/C17H15ClN4O2S/c1-23-15-8-4-6-12(9-20-22-11-19-21-17(22)25)16(15)24-10-13-5-2-3-7-14(13)18/h2-9,11H,10H2,1H3,(H,21,25)/b20-9-. The van der Waals surface area contributed by atoms with Gasteiger partial charge in [0.1, 0.15) is 12.9 Å². The number of ether oxygens (including phenoxy) is 2. The van der Waals surface area contributed by atoms with Gasteiger partial charge in [-0.1, -0.05) is 35.9 Å². The fraction of sp³-hybridized carbons (Fsp3) is 0.118. The Morgan fingerprint density at radius 3 is 2.84 bits per heavy atom. The zero-order valence-corrected chi connectivity index (χ0v) is 14.9. The molecule has 3 aromatic rings. The molecule has 0 aliphatic heterocycles. The number of nitrogens with zero attached hydrogens (tertiary/aromatic N) is 3. The zero-order chi connectivity index (χ0) is 17.6. The summed E-state index contributed by atoms with van der Waals surface area (Å²) in [6, 6.07) is 13.1. The summed E-state index contributed by atoms with van der Waals surface area (Å²) in [6.07, 6.45) is 3.12. The van der Waals surface area contributed by atoms with Gasteiger partial charge in [0.05, 0.1) is 13.3 Å². The number of nitrogens with one attached hydrogen (secondary N) is 1. The molecule has 0 amide bonds. The van der Waals surface area contributed by atoms with E-state index in [1.807, 2.05) is 42.5 Å². The molecule has 0 bridgehead atoms. The molecule has 0 spiro atoms. The second kappa shape index (κ2) is 7.96. The van der Waals surface area contributed by atoms with Crippen LogP contribution in [0.5, 0.6) is 11.5 Å². The van der Waals surface area contributed by atoms with Crippen LogP contribution in [0.1, 0.15) is 11.1 Å². The molecule has 0 aliphatic rings. The molecule has 1 aromatic heterocycles. The lowest BCUT2D eigenvalue weighted by atomic mass is 10.2. The number of aromatic amines is 1. The summed E-state index contributed by atoms with van der Waals surface area (Å²) >= 11 is 11.3. The van der Waals surface area contributed by atoms with Crippen LogP contribution >= 0.6 is 23.8 Å². The molecule has 0 fully saturated rings. The lowest BCUT2D eigenvalue weighted by Gasteiger charge is -2.13. The first kappa shape index (κ1) is 17.2. The summed E-state index contributed by atoms with van der Waals surface area (Å²) in [7, 11) is 1.59. The Bertz CT molecular complexity index is 952. The number of halogens is 1. The summed E-state index contributed by atoms with van der Waals surface area (Å²) in [5.74, 6) is 1.18. The molecule has 3 rings (SSSR count). The normalized spacial score (nSPS) is 11.0. The second-order valence-electron chi connectivity index (χ2n) is 5.01. The summed E-state index contributed by atoms with van der Waals surface area (Å²) in [6.45, 7) is 0.312. The van der Waals surface area contributed by atoms with E-state index in [0.29, 0.717) is 27.9 Å². The second-order valence-corrected chi connectivity index (χ2v) is 5.80. The van der Waals surface area contributed by atoms with E-state index in [9.17, 15) is 0 Å². The lowest BCUT2D eigenvalue weighted by molar-refractivity contribution is 0.284. The van der Waals surface area contributed by atoms with Gasteiger partial charge in [-0.15, -0.1) is 0 Å². The quantitative estimate of drug-likeness (QED) is 0.522. The van der Waals surface area contributed by atoms with Crippen LogP contribution in [0.25, 0.3) is 0 Å². The minimum Gasteiger partial charge on any atom is -0.493 e. The summed E-state index contributed by atoms with van der Waals surface area (Å²) < 4.78 is 13.2. The zero-order valence-electron chi connectivity index (χ0n) is 13.3. The van der Waals surface area contributed by atoms with Crippen molar-refractivity contribution in [1.29, 1.82) is 0 Å². The van der Waals surface area contributed by atoms with E-state index in [1.165, 1.54) is 11.0 Å². The molecule has 1 N–H and O–H groups in total. The van der Waals surface area contributed by atoms with Gasteiger partial charge in [-0.2, -0.15) is 14.9 Å². The van der Waals surface area contributed by atoms with Crippen LogP contribution in [0.3, 0.4) is 0 Å². The van der Waals surface area contributed by atoms with Crippen molar-refractivity contribution in [3.05, 3.63) is 69.7 Å². The summed E-state index contributed by atoms with van der Waals surface area (Å²) in [4.78, 5) is 0. The maximum absolute atomic E-state index is 6.19. The Balaban J connectivity index is 1.89. The minimum atomic E-state index is 0.312. The highest BCUT2D eigenvalue weighted by molar-refractivity contribution is 7.71. The van der Waals surface area contributed by atoms with Gasteiger partial charge in [-0.3, -0.25) is 5.10 Å². The van der Waals surface area contributed by atoms with Crippen LogP contribution in [-0.4, -0.2) is 28.2 Å². The number of aromatic nitrogens is 3. The third kappa shape index (κ3) is 4.07. The first-order valence-corrected chi connectivity index (χ1v) is 8.17. The van der Waals surface area contributed by atoms with Gasteiger partial charge in [0.25, 0.3) is 0 Å². The van der Waals surface area contributed by atoms with Gasteiger partial charge < -0.3 is 9.47 Å². The smallest absolute Gasteiger partial charge is 0.216 e. The predicted molar refractivity (Wildman–Crippen MR) is 99.2 cm³/mol. The number of hydrogen-bond donors (Lipinski definition) is 1. The number of para-hydroxylation sites is 1. The topological polar surface area (TPSA) is 64.4 Å². The van der Waals surface area contributed by atoms with Gasteiger partial charge in [0.15, 0.2) is 11.5 Å². The molecule has 0 unspecified atom stereocenters. The Hall–Kier alpha value is -2.64. The van der Waals surface area contributed by atoms with Gasteiger partial charge in [-0.25, -0.2) is 0 Å². The highest BCUT2D eigenvalue weighted by Gasteiger charge is 2.10. The molecule has 0 saturated heterocycles. The van der Waals surface area contributed by atoms with Gasteiger partial charge in [0, 0.05) is 16.1 Å². The number of methoxy groups -OCH3 is 1. The van der Waals surface area contributed by atoms with Crippen molar-refractivity contribution in [1.82, 2.24) is 14.9 Å². The van der Waals surface area contributed by atoms with Crippen LogP contribution in [0.4, 0.5) is 0 Å². The molecule has 1 heterocycles. The molecule has 0 atom stereocenters. The number of benzene rings is 2. The van der Waals surface area contributed by atoms with E-state index in [2.05, 4.69) is 15.3 Å². The van der Waals surface area contributed by atoms with E-state index in [4.69, 9.17) is 33.3 Å². The fourth-order valence-corrected chi connectivity index (χ4v) is 2.50. The van der Waals surface area contributed by atoms with Crippen molar-refractivity contribution in [2.45, 2.75) is 6.61 Å². The first-order chi connectivity index (χ1) is 12.2. The van der Waals surface area contributed by atoms with Gasteiger partial charge in [0.2, 0.25) is 4.77 Å². The molecule has 25 heavy (non-hydrogen) atoms. The van der Waals surface area contributed by atoms with Gasteiger partial charge in [-0.05, 0) is 30.4 Å². The maximum atomic E-state index is 6.19. The molecule has 2 aromatic carbocycles. The first-order valence-electron chi connectivity index (χ1n) is 7.38. The summed E-state index contributed by atoms with van der Waals surface area (Å²) in [5, 5.41) is 11.4. The maximum Gasteiger partial charge on any atom is 0.216 e. The molecular formula is C17H15ClN4O2S. The highest BCUT2D eigenvalue weighted by atomic mass is 35.5. The van der Waals surface area contributed by atoms with Gasteiger partial charge >= 0.3 is 0 Å². The average molecular weight is 375 g/mol. The molecule has 0 radical (unpaired) electrons. The Morgan fingerprint density at radius 2 is 2.12 bits per heavy atom. The van der Waals surface area contributed by atoms with E-state index in [1.54, 1.807) is 13.3 Å². The predicted octanol–water partition coefficient (Wildman–Crippen LogP) is 4.06. The van der Waals surface area contributed by atoms with E-state index < -0.39 is 0 Å². The van der Waals surface area contributed by atoms with Crippen LogP contribution < -0.4 is 9.47 Å². The van der Waals surface area contributed by atoms with Crippen LogP contribution in [-0.2, 0) is 6.61 Å². The third-order valence-corrected chi connectivity index (χ3v) is 4.06. The minimum absolute atomic E-state index is 0.312. The Kier molecular flexibility index (Phi) is 5.47. The van der Waals surface area contributed by atoms with Crippen molar-refractivity contribution in [2.75, 3.05) is 7.11 Å². The van der Waals surface area contributed by atoms with E-state index >= 15 is 0 Å². The SMILES string of the molecule is COc1cccc(/C=N\n2cn[nH]c2=S)c1OCc1ccccc1Cl. The van der Waals surface area contributed by atoms with Crippen LogP contribution in [0.15, 0.2) is 53.9 Å². The van der Waals surface area contributed by atoms with Crippen molar-refractivity contribution in [3.8, 4) is 11.5 Å². The van der Waals surface area contributed by atoms with E-state index in [-0.39, 0.29) is 0 Å². The molecule has 128 valence electrons. The lowest BCUT2D eigenvalue weighted by Crippen LogP contribution is -2.02. The van der Waals surface area contributed by atoms with Crippen molar-refractivity contribution in [2.24, 2.45) is 5.10 Å². The largest absolute Gasteiger partial charge is 0.493 e. The van der Waals surface area contributed by atoms with Crippen LogP contribution in [0.2, 0.25) is 5.02 Å². The molecule has 0 aliphatic carbocycles. The van der Waals surface area contributed by atoms with Crippen molar-refractivity contribution in [3.63, 3.8) is 0 Å². The third-order valence-electron chi connectivity index (χ3n) is 3.42. The monoisotopic (exact) mass is 374 g/mol. The van der Waals surface area contributed by atoms with Crippen LogP contribution in [0, 0.1) is 4.77 Å². The molecule has 8 heteroatoms. The molecule has 6 nitrogen and oxygen atoms in total. The van der Waals surface area contributed by atoms with E-state index in [0.717, 1.165) is 11.1 Å².